The molecule has 0 aliphatic rings. The molecule has 0 fully saturated rings. The molecule has 1 atom stereocenters. The molecule has 208 valence electrons. The summed E-state index contributed by atoms with van der Waals surface area (Å²) in [6.07, 6.45) is 4.79. The number of aromatic nitrogens is 2. The van der Waals surface area contributed by atoms with Crippen LogP contribution in [0.25, 0.3) is 10.9 Å². The van der Waals surface area contributed by atoms with Crippen LogP contribution < -0.4 is 15.0 Å². The molecule has 1 aromatic heterocycles. The van der Waals surface area contributed by atoms with E-state index in [1.807, 2.05) is 44.2 Å². The van der Waals surface area contributed by atoms with E-state index < -0.39 is 0 Å². The SMILES string of the molecule is C=CCc1cc(C=Nn2c([C@H](C)CC)nc3ccc(Br)cc3c2=O)cc(OCC)c1OCc1ccc(Cl)cc1Cl. The van der Waals surface area contributed by atoms with Crippen LogP contribution in [0, 0.1) is 0 Å². The fourth-order valence-corrected chi connectivity index (χ4v) is 5.01. The van der Waals surface area contributed by atoms with E-state index in [0.717, 1.165) is 27.6 Å². The average molecular weight is 643 g/mol. The Labute approximate surface area is 252 Å². The van der Waals surface area contributed by atoms with Crippen LogP contribution in [0.3, 0.4) is 0 Å². The molecule has 0 aliphatic carbocycles. The van der Waals surface area contributed by atoms with E-state index >= 15 is 0 Å². The van der Waals surface area contributed by atoms with Gasteiger partial charge in [-0.1, -0.05) is 65.1 Å². The molecule has 3 aromatic carbocycles. The molecular weight excluding hydrogens is 613 g/mol. The Morgan fingerprint density at radius 2 is 1.90 bits per heavy atom. The molecule has 0 saturated heterocycles. The van der Waals surface area contributed by atoms with Crippen molar-refractivity contribution < 1.29 is 9.47 Å². The van der Waals surface area contributed by atoms with E-state index in [1.54, 1.807) is 30.5 Å². The summed E-state index contributed by atoms with van der Waals surface area (Å²) in [6, 6.07) is 14.6. The minimum atomic E-state index is -0.228. The molecular formula is C31H30BrCl2N3O3. The Bertz CT molecular complexity index is 1630. The lowest BCUT2D eigenvalue weighted by atomic mass is 10.1. The number of nitrogens with zero attached hydrogens (tertiary/aromatic N) is 3. The lowest BCUT2D eigenvalue weighted by molar-refractivity contribution is 0.267. The highest BCUT2D eigenvalue weighted by Gasteiger charge is 2.17. The monoisotopic (exact) mass is 641 g/mol. The first-order valence-corrected chi connectivity index (χ1v) is 14.5. The standard InChI is InChI=1S/C31H30BrCl2N3O3/c1-5-8-21-13-20(14-28(39-7-3)29(21)40-18-22-9-11-24(33)16-26(22)34)17-35-37-30(19(4)6-2)36-27-12-10-23(32)15-25(27)31(37)38/h5,9-17,19H,1,6-8,18H2,2-4H3/t19-/m1/s1. The summed E-state index contributed by atoms with van der Waals surface area (Å²) in [5.41, 5.74) is 2.82. The van der Waals surface area contributed by atoms with Crippen LogP contribution in [0.5, 0.6) is 11.5 Å². The quantitative estimate of drug-likeness (QED) is 0.121. The van der Waals surface area contributed by atoms with Crippen molar-refractivity contribution in [3.05, 3.63) is 109 Å². The first kappa shape index (κ1) is 29.8. The van der Waals surface area contributed by atoms with Crippen molar-refractivity contribution in [2.75, 3.05) is 6.61 Å². The molecule has 4 aromatic rings. The van der Waals surface area contributed by atoms with Gasteiger partial charge in [-0.05, 0) is 67.8 Å². The maximum atomic E-state index is 13.5. The topological polar surface area (TPSA) is 65.7 Å². The van der Waals surface area contributed by atoms with Crippen LogP contribution in [0.15, 0.2) is 75.6 Å². The molecule has 4 rings (SSSR count). The number of ether oxygens (including phenoxy) is 2. The molecule has 0 spiro atoms. The van der Waals surface area contributed by atoms with E-state index in [1.165, 1.54) is 4.68 Å². The van der Waals surface area contributed by atoms with Crippen molar-refractivity contribution >= 4 is 56.2 Å². The molecule has 0 saturated carbocycles. The molecule has 40 heavy (non-hydrogen) atoms. The van der Waals surface area contributed by atoms with Crippen molar-refractivity contribution in [1.29, 1.82) is 0 Å². The van der Waals surface area contributed by atoms with Crippen LogP contribution in [0.2, 0.25) is 10.0 Å². The number of hydrogen-bond acceptors (Lipinski definition) is 5. The van der Waals surface area contributed by atoms with Gasteiger partial charge in [-0.25, -0.2) is 4.98 Å². The van der Waals surface area contributed by atoms with Crippen LogP contribution in [0.1, 0.15) is 55.6 Å². The molecule has 0 radical (unpaired) electrons. The van der Waals surface area contributed by atoms with Crippen molar-refractivity contribution in [2.24, 2.45) is 5.10 Å². The Hall–Kier alpha value is -3.13. The van der Waals surface area contributed by atoms with Gasteiger partial charge in [0, 0.05) is 31.6 Å². The van der Waals surface area contributed by atoms with E-state index in [0.29, 0.717) is 51.3 Å². The summed E-state index contributed by atoms with van der Waals surface area (Å²) in [6.45, 7) is 10.6. The highest BCUT2D eigenvalue weighted by molar-refractivity contribution is 9.10. The van der Waals surface area contributed by atoms with Gasteiger partial charge in [-0.2, -0.15) is 9.78 Å². The first-order valence-electron chi connectivity index (χ1n) is 13.0. The number of hydrogen-bond donors (Lipinski definition) is 0. The summed E-state index contributed by atoms with van der Waals surface area (Å²) in [5, 5.41) is 6.20. The summed E-state index contributed by atoms with van der Waals surface area (Å²) >= 11 is 15.9. The van der Waals surface area contributed by atoms with Gasteiger partial charge in [-0.15, -0.1) is 6.58 Å². The van der Waals surface area contributed by atoms with Gasteiger partial charge < -0.3 is 9.47 Å². The van der Waals surface area contributed by atoms with Gasteiger partial charge in [0.1, 0.15) is 12.4 Å². The Morgan fingerprint density at radius 3 is 2.60 bits per heavy atom. The van der Waals surface area contributed by atoms with Gasteiger partial charge in [0.25, 0.3) is 5.56 Å². The van der Waals surface area contributed by atoms with E-state index in [-0.39, 0.29) is 18.1 Å². The highest BCUT2D eigenvalue weighted by Crippen LogP contribution is 2.35. The summed E-state index contributed by atoms with van der Waals surface area (Å²) in [7, 11) is 0. The largest absolute Gasteiger partial charge is 0.490 e. The van der Waals surface area contributed by atoms with Crippen molar-refractivity contribution in [3.63, 3.8) is 0 Å². The van der Waals surface area contributed by atoms with Crippen LogP contribution in [-0.4, -0.2) is 22.5 Å². The van der Waals surface area contributed by atoms with E-state index in [2.05, 4.69) is 34.5 Å². The minimum Gasteiger partial charge on any atom is -0.490 e. The van der Waals surface area contributed by atoms with Crippen LogP contribution in [-0.2, 0) is 13.0 Å². The summed E-state index contributed by atoms with van der Waals surface area (Å²) < 4.78 is 14.4. The maximum absolute atomic E-state index is 13.5. The molecule has 1 heterocycles. The van der Waals surface area contributed by atoms with Crippen LogP contribution in [0.4, 0.5) is 0 Å². The first-order chi connectivity index (χ1) is 19.2. The number of fused-ring (bicyclic) bond motifs is 1. The highest BCUT2D eigenvalue weighted by atomic mass is 79.9. The zero-order valence-corrected chi connectivity index (χ0v) is 25.7. The normalized spacial score (nSPS) is 12.2. The molecule has 6 nitrogen and oxygen atoms in total. The molecule has 0 aliphatic heterocycles. The van der Waals surface area contributed by atoms with Crippen molar-refractivity contribution in [1.82, 2.24) is 9.66 Å². The fourth-order valence-electron chi connectivity index (χ4n) is 4.18. The molecule has 0 N–H and O–H groups in total. The van der Waals surface area contributed by atoms with Crippen molar-refractivity contribution in [3.8, 4) is 11.5 Å². The second-order valence-electron chi connectivity index (χ2n) is 9.26. The number of rotatable bonds is 11. The fraction of sp³-hybridized carbons (Fsp3) is 0.258. The van der Waals surface area contributed by atoms with E-state index in [4.69, 9.17) is 37.7 Å². The Balaban J connectivity index is 1.77. The van der Waals surface area contributed by atoms with Gasteiger partial charge in [0.05, 0.1) is 23.7 Å². The molecule has 9 heteroatoms. The predicted octanol–water partition coefficient (Wildman–Crippen LogP) is 8.57. The zero-order chi connectivity index (χ0) is 28.8. The van der Waals surface area contributed by atoms with Gasteiger partial charge in [0.2, 0.25) is 0 Å². The Morgan fingerprint density at radius 1 is 1.10 bits per heavy atom. The third-order valence-corrected chi connectivity index (χ3v) is 7.49. The molecule has 0 bridgehead atoms. The minimum absolute atomic E-state index is 0.0312. The third kappa shape index (κ3) is 6.77. The second-order valence-corrected chi connectivity index (χ2v) is 11.0. The van der Waals surface area contributed by atoms with Gasteiger partial charge >= 0.3 is 0 Å². The maximum Gasteiger partial charge on any atom is 0.282 e. The lowest BCUT2D eigenvalue weighted by Crippen LogP contribution is -2.23. The molecule has 0 amide bonds. The van der Waals surface area contributed by atoms with Gasteiger partial charge in [0.15, 0.2) is 11.5 Å². The third-order valence-electron chi connectivity index (χ3n) is 6.41. The average Bonchev–Trinajstić information content (AvgIpc) is 2.93. The molecule has 0 unspecified atom stereocenters. The lowest BCUT2D eigenvalue weighted by Gasteiger charge is -2.17. The summed E-state index contributed by atoms with van der Waals surface area (Å²) in [5.74, 6) is 1.79. The number of benzene rings is 3. The van der Waals surface area contributed by atoms with Gasteiger partial charge in [-0.3, -0.25) is 4.79 Å². The summed E-state index contributed by atoms with van der Waals surface area (Å²) in [4.78, 5) is 18.3. The zero-order valence-electron chi connectivity index (χ0n) is 22.6. The smallest absolute Gasteiger partial charge is 0.282 e. The van der Waals surface area contributed by atoms with Crippen molar-refractivity contribution in [2.45, 2.75) is 46.1 Å². The Kier molecular flexibility index (Phi) is 10.1. The van der Waals surface area contributed by atoms with Crippen LogP contribution >= 0.6 is 39.1 Å². The number of halogens is 3. The van der Waals surface area contributed by atoms with E-state index in [9.17, 15) is 4.79 Å². The predicted molar refractivity (Wildman–Crippen MR) is 168 cm³/mol. The number of allylic oxidation sites excluding steroid dienone is 1. The second kappa shape index (κ2) is 13.5.